The van der Waals surface area contributed by atoms with E-state index in [1.165, 1.54) is 18.7 Å². The van der Waals surface area contributed by atoms with Gasteiger partial charge in [-0.2, -0.15) is 13.2 Å². The minimum atomic E-state index is -4.17. The predicted molar refractivity (Wildman–Crippen MR) is 104 cm³/mol. The molecule has 7 heteroatoms. The molecular formula is C22H22F4N2O. The molecule has 1 aliphatic heterocycles. The van der Waals surface area contributed by atoms with Crippen molar-refractivity contribution in [1.29, 1.82) is 0 Å². The van der Waals surface area contributed by atoms with Crippen molar-refractivity contribution in [2.24, 2.45) is 0 Å². The molecule has 0 aliphatic carbocycles. The van der Waals surface area contributed by atoms with E-state index in [4.69, 9.17) is 4.74 Å². The molecule has 29 heavy (non-hydrogen) atoms. The fourth-order valence-corrected chi connectivity index (χ4v) is 4.24. The first-order valence-electron chi connectivity index (χ1n) is 9.61. The number of hydrogen-bond acceptors (Lipinski definition) is 2. The van der Waals surface area contributed by atoms with Gasteiger partial charge < -0.3 is 9.72 Å². The molecule has 0 bridgehead atoms. The van der Waals surface area contributed by atoms with Crippen LogP contribution in [-0.4, -0.2) is 36.3 Å². The summed E-state index contributed by atoms with van der Waals surface area (Å²) in [5.41, 5.74) is 3.91. The number of benzene rings is 2. The SMILES string of the molecule is COc1cc([C@H]2c3[nH]c4ccccc4c3CCN2CCCC(F)(F)F)ccc1F. The third-order valence-corrected chi connectivity index (χ3v) is 5.53. The van der Waals surface area contributed by atoms with Gasteiger partial charge in [0.05, 0.1) is 13.2 Å². The summed E-state index contributed by atoms with van der Waals surface area (Å²) < 4.78 is 57.1. The summed E-state index contributed by atoms with van der Waals surface area (Å²) >= 11 is 0. The van der Waals surface area contributed by atoms with Crippen LogP contribution in [-0.2, 0) is 6.42 Å². The number of halogens is 4. The van der Waals surface area contributed by atoms with Gasteiger partial charge in [-0.05, 0) is 48.7 Å². The van der Waals surface area contributed by atoms with Gasteiger partial charge in [0, 0.05) is 29.6 Å². The summed E-state index contributed by atoms with van der Waals surface area (Å²) in [6.07, 6.45) is -4.22. The average molecular weight is 406 g/mol. The normalized spacial score (nSPS) is 17.5. The van der Waals surface area contributed by atoms with Crippen LogP contribution in [0.15, 0.2) is 42.5 Å². The van der Waals surface area contributed by atoms with Crippen LogP contribution in [0.1, 0.15) is 35.7 Å². The van der Waals surface area contributed by atoms with E-state index < -0.39 is 18.4 Å². The third kappa shape index (κ3) is 3.96. The number of fused-ring (bicyclic) bond motifs is 3. The summed E-state index contributed by atoms with van der Waals surface area (Å²) in [5.74, 6) is -0.339. The van der Waals surface area contributed by atoms with E-state index in [1.807, 2.05) is 29.2 Å². The second kappa shape index (κ2) is 7.71. The van der Waals surface area contributed by atoms with Crippen LogP contribution in [0.4, 0.5) is 17.6 Å². The number of hydrogen-bond donors (Lipinski definition) is 1. The predicted octanol–water partition coefficient (Wildman–Crippen LogP) is 5.61. The largest absolute Gasteiger partial charge is 0.494 e. The first-order chi connectivity index (χ1) is 13.9. The first kappa shape index (κ1) is 19.8. The van der Waals surface area contributed by atoms with Crippen LogP contribution in [0.2, 0.25) is 0 Å². The fourth-order valence-electron chi connectivity index (χ4n) is 4.24. The van der Waals surface area contributed by atoms with Gasteiger partial charge in [0.1, 0.15) is 0 Å². The van der Waals surface area contributed by atoms with Gasteiger partial charge in [-0.1, -0.05) is 24.3 Å². The number of nitrogens with one attached hydrogen (secondary N) is 1. The van der Waals surface area contributed by atoms with Gasteiger partial charge in [-0.3, -0.25) is 4.90 Å². The van der Waals surface area contributed by atoms with Gasteiger partial charge in [-0.15, -0.1) is 0 Å². The average Bonchev–Trinajstić information content (AvgIpc) is 3.06. The molecular weight excluding hydrogens is 384 g/mol. The Hall–Kier alpha value is -2.54. The number of aromatic amines is 1. The van der Waals surface area contributed by atoms with Gasteiger partial charge >= 0.3 is 6.18 Å². The molecule has 2 aromatic carbocycles. The number of alkyl halides is 3. The van der Waals surface area contributed by atoms with Crippen LogP contribution < -0.4 is 4.74 Å². The molecule has 0 spiro atoms. The van der Waals surface area contributed by atoms with Gasteiger partial charge in [-0.25, -0.2) is 4.39 Å². The van der Waals surface area contributed by atoms with Crippen LogP contribution in [0.5, 0.6) is 5.75 Å². The fraction of sp³-hybridized carbons (Fsp3) is 0.364. The summed E-state index contributed by atoms with van der Waals surface area (Å²) in [6.45, 7) is 0.940. The zero-order valence-corrected chi connectivity index (χ0v) is 16.0. The lowest BCUT2D eigenvalue weighted by Gasteiger charge is -2.36. The lowest BCUT2D eigenvalue weighted by Crippen LogP contribution is -2.37. The van der Waals surface area contributed by atoms with Crippen molar-refractivity contribution >= 4 is 10.9 Å². The molecule has 4 rings (SSSR count). The van der Waals surface area contributed by atoms with Gasteiger partial charge in [0.15, 0.2) is 11.6 Å². The molecule has 0 amide bonds. The summed E-state index contributed by atoms with van der Waals surface area (Å²) in [7, 11) is 1.40. The van der Waals surface area contributed by atoms with E-state index in [0.29, 0.717) is 13.1 Å². The molecule has 2 heterocycles. The van der Waals surface area contributed by atoms with Crippen molar-refractivity contribution in [3.8, 4) is 5.75 Å². The molecule has 3 aromatic rings. The Morgan fingerprint density at radius 3 is 2.72 bits per heavy atom. The highest BCUT2D eigenvalue weighted by atomic mass is 19.4. The molecule has 1 aromatic heterocycles. The smallest absolute Gasteiger partial charge is 0.389 e. The van der Waals surface area contributed by atoms with Crippen molar-refractivity contribution < 1.29 is 22.3 Å². The van der Waals surface area contributed by atoms with Gasteiger partial charge in [0.25, 0.3) is 0 Å². The number of H-pyrrole nitrogens is 1. The zero-order valence-electron chi connectivity index (χ0n) is 16.0. The maximum Gasteiger partial charge on any atom is 0.389 e. The number of para-hydroxylation sites is 1. The Kier molecular flexibility index (Phi) is 5.25. The summed E-state index contributed by atoms with van der Waals surface area (Å²) in [4.78, 5) is 5.49. The molecule has 1 N–H and O–H groups in total. The van der Waals surface area contributed by atoms with Crippen molar-refractivity contribution in [3.05, 3.63) is 65.1 Å². The monoisotopic (exact) mass is 406 g/mol. The number of aromatic nitrogens is 1. The quantitative estimate of drug-likeness (QED) is 0.558. The molecule has 0 fully saturated rings. The Bertz CT molecular complexity index is 1010. The summed E-state index contributed by atoms with van der Waals surface area (Å²) in [5, 5.41) is 1.12. The van der Waals surface area contributed by atoms with Crippen LogP contribution in [0.3, 0.4) is 0 Å². The van der Waals surface area contributed by atoms with Crippen molar-refractivity contribution in [1.82, 2.24) is 9.88 Å². The molecule has 1 aliphatic rings. The Morgan fingerprint density at radius 1 is 1.17 bits per heavy atom. The molecule has 0 radical (unpaired) electrons. The van der Waals surface area contributed by atoms with Gasteiger partial charge in [0.2, 0.25) is 0 Å². The van der Waals surface area contributed by atoms with E-state index in [9.17, 15) is 17.6 Å². The van der Waals surface area contributed by atoms with E-state index in [0.717, 1.165) is 28.6 Å². The lowest BCUT2D eigenvalue weighted by atomic mass is 9.92. The summed E-state index contributed by atoms with van der Waals surface area (Å²) in [6, 6.07) is 12.3. The first-order valence-corrected chi connectivity index (χ1v) is 9.61. The second-order valence-corrected chi connectivity index (χ2v) is 7.36. The highest BCUT2D eigenvalue weighted by Crippen LogP contribution is 2.40. The van der Waals surface area contributed by atoms with E-state index in [1.54, 1.807) is 12.1 Å². The van der Waals surface area contributed by atoms with Crippen molar-refractivity contribution in [3.63, 3.8) is 0 Å². The highest BCUT2D eigenvalue weighted by molar-refractivity contribution is 5.85. The number of rotatable bonds is 5. The standard InChI is InChI=1S/C22H22F4N2O/c1-29-19-13-14(7-8-17(19)23)21-20-16(15-5-2-3-6-18(15)27-20)9-12-28(21)11-4-10-22(24,25)26/h2-3,5-8,13,21,27H,4,9-12H2,1H3/t21-/m0/s1. The Labute approximate surface area is 166 Å². The molecule has 3 nitrogen and oxygen atoms in total. The number of ether oxygens (including phenoxy) is 1. The maximum atomic E-state index is 14.0. The topological polar surface area (TPSA) is 28.3 Å². The molecule has 154 valence electrons. The van der Waals surface area contributed by atoms with E-state index in [2.05, 4.69) is 4.98 Å². The van der Waals surface area contributed by atoms with Crippen molar-refractivity contribution in [2.45, 2.75) is 31.5 Å². The molecule has 0 unspecified atom stereocenters. The van der Waals surface area contributed by atoms with E-state index >= 15 is 0 Å². The third-order valence-electron chi connectivity index (χ3n) is 5.53. The lowest BCUT2D eigenvalue weighted by molar-refractivity contribution is -0.136. The number of nitrogens with zero attached hydrogens (tertiary/aromatic N) is 1. The minimum absolute atomic E-state index is 0.0217. The van der Waals surface area contributed by atoms with Crippen molar-refractivity contribution in [2.75, 3.05) is 20.2 Å². The second-order valence-electron chi connectivity index (χ2n) is 7.36. The molecule has 0 saturated heterocycles. The van der Waals surface area contributed by atoms with Crippen LogP contribution >= 0.6 is 0 Å². The van der Waals surface area contributed by atoms with Crippen LogP contribution in [0.25, 0.3) is 10.9 Å². The maximum absolute atomic E-state index is 14.0. The Balaban J connectivity index is 1.74. The number of methoxy groups -OCH3 is 1. The molecule has 0 saturated carbocycles. The Morgan fingerprint density at radius 2 is 1.97 bits per heavy atom. The molecule has 1 atom stereocenters. The minimum Gasteiger partial charge on any atom is -0.494 e. The van der Waals surface area contributed by atoms with E-state index in [-0.39, 0.29) is 18.2 Å². The highest BCUT2D eigenvalue weighted by Gasteiger charge is 2.33. The zero-order chi connectivity index (χ0) is 20.6. The van der Waals surface area contributed by atoms with Crippen LogP contribution in [0, 0.1) is 5.82 Å².